The molecule has 0 aliphatic heterocycles. The first-order valence-electron chi connectivity index (χ1n) is 6.77. The minimum absolute atomic E-state index is 0.307. The van der Waals surface area contributed by atoms with Crippen molar-refractivity contribution in [2.24, 2.45) is 5.92 Å². The molecular formula is C15H22ClNO. The van der Waals surface area contributed by atoms with E-state index in [-0.39, 0.29) is 0 Å². The van der Waals surface area contributed by atoms with Gasteiger partial charge in [-0.05, 0) is 50.3 Å². The van der Waals surface area contributed by atoms with E-state index >= 15 is 0 Å². The van der Waals surface area contributed by atoms with Crippen LogP contribution in [0.15, 0.2) is 24.3 Å². The lowest BCUT2D eigenvalue weighted by atomic mass is 10.0. The Morgan fingerprint density at radius 2 is 1.94 bits per heavy atom. The van der Waals surface area contributed by atoms with Crippen LogP contribution in [-0.2, 0) is 4.74 Å². The van der Waals surface area contributed by atoms with Crippen LogP contribution in [0.25, 0.3) is 0 Å². The van der Waals surface area contributed by atoms with E-state index in [0.717, 1.165) is 24.1 Å². The van der Waals surface area contributed by atoms with Gasteiger partial charge in [0.2, 0.25) is 0 Å². The molecule has 2 nitrogen and oxygen atoms in total. The Bertz CT molecular complexity index is 359. The Labute approximate surface area is 115 Å². The fourth-order valence-corrected chi connectivity index (χ4v) is 2.29. The number of ether oxygens (including phenoxy) is 1. The lowest BCUT2D eigenvalue weighted by molar-refractivity contribution is 0.0789. The molecule has 0 amide bonds. The third-order valence-electron chi connectivity index (χ3n) is 3.24. The number of halogens is 1. The van der Waals surface area contributed by atoms with Crippen molar-refractivity contribution >= 4 is 11.6 Å². The summed E-state index contributed by atoms with van der Waals surface area (Å²) < 4.78 is 5.56. The third kappa shape index (κ3) is 4.27. The smallest absolute Gasteiger partial charge is 0.0594 e. The molecule has 1 atom stereocenters. The van der Waals surface area contributed by atoms with E-state index in [2.05, 4.69) is 31.3 Å². The fraction of sp³-hybridized carbons (Fsp3) is 0.600. The van der Waals surface area contributed by atoms with Gasteiger partial charge < -0.3 is 10.1 Å². The summed E-state index contributed by atoms with van der Waals surface area (Å²) in [6, 6.07) is 8.65. The molecule has 1 unspecified atom stereocenters. The largest absolute Gasteiger partial charge is 0.377 e. The molecule has 0 aromatic heterocycles. The number of hydrogen-bond donors (Lipinski definition) is 1. The maximum absolute atomic E-state index is 5.93. The minimum atomic E-state index is 0.307. The van der Waals surface area contributed by atoms with Gasteiger partial charge in [-0.15, -0.1) is 0 Å². The molecule has 1 aromatic rings. The highest BCUT2D eigenvalue weighted by molar-refractivity contribution is 6.30. The van der Waals surface area contributed by atoms with Crippen LogP contribution >= 0.6 is 11.6 Å². The van der Waals surface area contributed by atoms with E-state index in [1.165, 1.54) is 18.4 Å². The highest BCUT2D eigenvalue weighted by Crippen LogP contribution is 2.41. The molecule has 1 N–H and O–H groups in total. The van der Waals surface area contributed by atoms with Crippen molar-refractivity contribution in [1.29, 1.82) is 0 Å². The number of hydrogen-bond acceptors (Lipinski definition) is 2. The third-order valence-corrected chi connectivity index (χ3v) is 3.49. The molecule has 0 radical (unpaired) electrons. The van der Waals surface area contributed by atoms with Gasteiger partial charge in [-0.25, -0.2) is 0 Å². The quantitative estimate of drug-likeness (QED) is 0.759. The molecule has 0 spiro atoms. The van der Waals surface area contributed by atoms with E-state index in [1.807, 2.05) is 12.1 Å². The van der Waals surface area contributed by atoms with Gasteiger partial charge in [0.1, 0.15) is 0 Å². The molecule has 1 fully saturated rings. The first-order valence-corrected chi connectivity index (χ1v) is 7.15. The van der Waals surface area contributed by atoms with E-state index in [9.17, 15) is 0 Å². The molecule has 1 saturated carbocycles. The summed E-state index contributed by atoms with van der Waals surface area (Å²) in [4.78, 5) is 0. The molecular weight excluding hydrogens is 246 g/mol. The summed E-state index contributed by atoms with van der Waals surface area (Å²) in [5.41, 5.74) is 1.34. The zero-order valence-corrected chi connectivity index (χ0v) is 11.9. The Kier molecular flexibility index (Phi) is 5.04. The second kappa shape index (κ2) is 6.55. The summed E-state index contributed by atoms with van der Waals surface area (Å²) in [6.45, 7) is 5.81. The summed E-state index contributed by atoms with van der Waals surface area (Å²) in [5, 5.41) is 4.41. The van der Waals surface area contributed by atoms with Crippen molar-refractivity contribution in [2.75, 3.05) is 13.2 Å². The first kappa shape index (κ1) is 13.9. The SMILES string of the molecule is CC(C)OCCNC(c1ccc(Cl)cc1)C1CC1. The average molecular weight is 268 g/mol. The van der Waals surface area contributed by atoms with E-state index < -0.39 is 0 Å². The maximum Gasteiger partial charge on any atom is 0.0594 e. The van der Waals surface area contributed by atoms with E-state index in [0.29, 0.717) is 12.1 Å². The van der Waals surface area contributed by atoms with Crippen LogP contribution in [0.5, 0.6) is 0 Å². The van der Waals surface area contributed by atoms with Gasteiger partial charge in [-0.3, -0.25) is 0 Å². The lowest BCUT2D eigenvalue weighted by Gasteiger charge is -2.19. The maximum atomic E-state index is 5.93. The predicted octanol–water partition coefficient (Wildman–Crippen LogP) is 3.81. The van der Waals surface area contributed by atoms with Crippen LogP contribution in [0.3, 0.4) is 0 Å². The standard InChI is InChI=1S/C15H22ClNO/c1-11(2)18-10-9-17-15(12-3-4-12)13-5-7-14(16)8-6-13/h5-8,11-12,15,17H,3-4,9-10H2,1-2H3. The molecule has 1 aliphatic rings. The van der Waals surface area contributed by atoms with Crippen molar-refractivity contribution in [2.45, 2.75) is 38.8 Å². The summed E-state index contributed by atoms with van der Waals surface area (Å²) in [7, 11) is 0. The Balaban J connectivity index is 1.86. The summed E-state index contributed by atoms with van der Waals surface area (Å²) in [5.74, 6) is 0.783. The second-order valence-electron chi connectivity index (χ2n) is 5.24. The topological polar surface area (TPSA) is 21.3 Å². The van der Waals surface area contributed by atoms with Gasteiger partial charge in [-0.2, -0.15) is 0 Å². The summed E-state index contributed by atoms with van der Waals surface area (Å²) in [6.07, 6.45) is 2.96. The molecule has 1 aliphatic carbocycles. The van der Waals surface area contributed by atoms with Gasteiger partial charge in [0.15, 0.2) is 0 Å². The zero-order chi connectivity index (χ0) is 13.0. The highest BCUT2D eigenvalue weighted by atomic mass is 35.5. The zero-order valence-electron chi connectivity index (χ0n) is 11.2. The van der Waals surface area contributed by atoms with Crippen LogP contribution in [0.1, 0.15) is 38.3 Å². The van der Waals surface area contributed by atoms with Crippen LogP contribution in [0.4, 0.5) is 0 Å². The Hall–Kier alpha value is -0.570. The Morgan fingerprint density at radius 1 is 1.28 bits per heavy atom. The number of rotatable bonds is 7. The van der Waals surface area contributed by atoms with Gasteiger partial charge in [0.25, 0.3) is 0 Å². The monoisotopic (exact) mass is 267 g/mol. The molecule has 0 bridgehead atoms. The number of nitrogens with one attached hydrogen (secondary N) is 1. The van der Waals surface area contributed by atoms with Crippen molar-refractivity contribution in [1.82, 2.24) is 5.32 Å². The molecule has 3 heteroatoms. The molecule has 0 saturated heterocycles. The normalized spacial score (nSPS) is 17.1. The molecule has 100 valence electrons. The molecule has 1 aromatic carbocycles. The van der Waals surface area contributed by atoms with Crippen molar-refractivity contribution in [3.05, 3.63) is 34.9 Å². The van der Waals surface area contributed by atoms with Crippen LogP contribution in [0, 0.1) is 5.92 Å². The van der Waals surface area contributed by atoms with Crippen LogP contribution in [0.2, 0.25) is 5.02 Å². The van der Waals surface area contributed by atoms with Crippen LogP contribution < -0.4 is 5.32 Å². The first-order chi connectivity index (χ1) is 8.66. The fourth-order valence-electron chi connectivity index (χ4n) is 2.17. The molecule has 0 heterocycles. The Morgan fingerprint density at radius 3 is 2.50 bits per heavy atom. The molecule has 18 heavy (non-hydrogen) atoms. The van der Waals surface area contributed by atoms with Gasteiger partial charge >= 0.3 is 0 Å². The molecule has 2 rings (SSSR count). The van der Waals surface area contributed by atoms with Crippen LogP contribution in [-0.4, -0.2) is 19.3 Å². The average Bonchev–Trinajstić information content (AvgIpc) is 3.15. The lowest BCUT2D eigenvalue weighted by Crippen LogP contribution is -2.27. The van der Waals surface area contributed by atoms with Gasteiger partial charge in [-0.1, -0.05) is 23.7 Å². The van der Waals surface area contributed by atoms with Gasteiger partial charge in [0.05, 0.1) is 12.7 Å². The van der Waals surface area contributed by atoms with Gasteiger partial charge in [0, 0.05) is 17.6 Å². The summed E-state index contributed by atoms with van der Waals surface area (Å²) >= 11 is 5.93. The highest BCUT2D eigenvalue weighted by Gasteiger charge is 2.31. The van der Waals surface area contributed by atoms with E-state index in [4.69, 9.17) is 16.3 Å². The number of benzene rings is 1. The van der Waals surface area contributed by atoms with Crippen molar-refractivity contribution in [3.8, 4) is 0 Å². The predicted molar refractivity (Wildman–Crippen MR) is 76.0 cm³/mol. The van der Waals surface area contributed by atoms with E-state index in [1.54, 1.807) is 0 Å². The second-order valence-corrected chi connectivity index (χ2v) is 5.68. The van der Waals surface area contributed by atoms with Crippen molar-refractivity contribution < 1.29 is 4.74 Å². The van der Waals surface area contributed by atoms with Crippen molar-refractivity contribution in [3.63, 3.8) is 0 Å². The minimum Gasteiger partial charge on any atom is -0.377 e.